The van der Waals surface area contributed by atoms with Gasteiger partial charge in [-0.2, -0.15) is 5.21 Å². The van der Waals surface area contributed by atoms with E-state index < -0.39 is 0 Å². The molecule has 1 fully saturated rings. The van der Waals surface area contributed by atoms with E-state index in [0.717, 1.165) is 34.2 Å². The molecule has 152 valence electrons. The van der Waals surface area contributed by atoms with Crippen LogP contribution in [0.25, 0.3) is 21.1 Å². The SMILES string of the molecule is CC(=O)Oc1c(-c2nn[nH]n2)sc(-c2cccc(NCC3CCCCC3)c2)c1C. The lowest BCUT2D eigenvalue weighted by atomic mass is 9.89. The van der Waals surface area contributed by atoms with Gasteiger partial charge in [0.25, 0.3) is 0 Å². The van der Waals surface area contributed by atoms with Crippen molar-refractivity contribution in [3.05, 3.63) is 29.8 Å². The minimum Gasteiger partial charge on any atom is -0.425 e. The Morgan fingerprint density at radius 1 is 1.28 bits per heavy atom. The number of nitrogens with one attached hydrogen (secondary N) is 2. The molecule has 0 saturated heterocycles. The average molecular weight is 412 g/mol. The van der Waals surface area contributed by atoms with E-state index in [4.69, 9.17) is 4.74 Å². The second-order valence-corrected chi connectivity index (χ2v) is 8.53. The zero-order chi connectivity index (χ0) is 20.2. The summed E-state index contributed by atoms with van der Waals surface area (Å²) in [5.74, 6) is 1.31. The van der Waals surface area contributed by atoms with Crippen LogP contribution in [0.15, 0.2) is 24.3 Å². The number of benzene rings is 1. The number of ether oxygens (including phenoxy) is 1. The Bertz CT molecular complexity index is 977. The van der Waals surface area contributed by atoms with E-state index >= 15 is 0 Å². The molecule has 8 heteroatoms. The fraction of sp³-hybridized carbons (Fsp3) is 0.429. The van der Waals surface area contributed by atoms with Gasteiger partial charge >= 0.3 is 5.97 Å². The summed E-state index contributed by atoms with van der Waals surface area (Å²) >= 11 is 1.50. The standard InChI is InChI=1S/C21H25N5O2S/c1-13-18(28-14(2)27)20(21-23-25-26-24-21)29-19(13)16-9-6-10-17(11-16)22-12-15-7-4-3-5-8-15/h6,9-11,15,22H,3-5,7-8,12H2,1-2H3,(H,23,24,25,26). The molecule has 0 amide bonds. The van der Waals surface area contributed by atoms with Crippen molar-refractivity contribution in [1.82, 2.24) is 20.6 Å². The Labute approximate surface area is 173 Å². The van der Waals surface area contributed by atoms with Gasteiger partial charge in [-0.3, -0.25) is 4.79 Å². The molecule has 0 spiro atoms. The molecule has 29 heavy (non-hydrogen) atoms. The Kier molecular flexibility index (Phi) is 5.89. The summed E-state index contributed by atoms with van der Waals surface area (Å²) in [6.07, 6.45) is 6.70. The first-order valence-electron chi connectivity index (χ1n) is 10.0. The maximum atomic E-state index is 11.6. The molecule has 1 aromatic carbocycles. The molecule has 2 aromatic heterocycles. The zero-order valence-corrected chi connectivity index (χ0v) is 17.5. The molecule has 1 saturated carbocycles. The van der Waals surface area contributed by atoms with Crippen molar-refractivity contribution in [2.24, 2.45) is 5.92 Å². The fourth-order valence-corrected chi connectivity index (χ4v) is 5.03. The van der Waals surface area contributed by atoms with Gasteiger partial charge in [-0.1, -0.05) is 31.4 Å². The van der Waals surface area contributed by atoms with E-state index in [9.17, 15) is 4.79 Å². The predicted molar refractivity (Wildman–Crippen MR) is 114 cm³/mol. The van der Waals surface area contributed by atoms with Crippen LogP contribution in [0.3, 0.4) is 0 Å². The van der Waals surface area contributed by atoms with Crippen molar-refractivity contribution in [1.29, 1.82) is 0 Å². The molecule has 3 aromatic rings. The smallest absolute Gasteiger partial charge is 0.308 e. The van der Waals surface area contributed by atoms with E-state index in [1.54, 1.807) is 0 Å². The van der Waals surface area contributed by atoms with Gasteiger partial charge in [0.2, 0.25) is 5.82 Å². The molecule has 1 aliphatic carbocycles. The lowest BCUT2D eigenvalue weighted by molar-refractivity contribution is -0.131. The van der Waals surface area contributed by atoms with Crippen molar-refractivity contribution in [3.63, 3.8) is 0 Å². The van der Waals surface area contributed by atoms with Gasteiger partial charge in [-0.05, 0) is 48.6 Å². The Hall–Kier alpha value is -2.74. The molecule has 0 unspecified atom stereocenters. The number of hydrogen-bond donors (Lipinski definition) is 2. The fourth-order valence-electron chi connectivity index (χ4n) is 3.87. The summed E-state index contributed by atoms with van der Waals surface area (Å²) in [5.41, 5.74) is 3.08. The van der Waals surface area contributed by atoms with E-state index in [-0.39, 0.29) is 5.97 Å². The largest absolute Gasteiger partial charge is 0.425 e. The highest BCUT2D eigenvalue weighted by molar-refractivity contribution is 7.19. The third-order valence-corrected chi connectivity index (χ3v) is 6.65. The van der Waals surface area contributed by atoms with Gasteiger partial charge in [-0.15, -0.1) is 21.5 Å². The molecule has 0 aliphatic heterocycles. The number of aromatic amines is 1. The van der Waals surface area contributed by atoms with E-state index in [0.29, 0.717) is 16.5 Å². The van der Waals surface area contributed by atoms with Gasteiger partial charge in [0.1, 0.15) is 4.88 Å². The van der Waals surface area contributed by atoms with Crippen molar-refractivity contribution in [2.75, 3.05) is 11.9 Å². The van der Waals surface area contributed by atoms with Crippen LogP contribution in [0.5, 0.6) is 5.75 Å². The Balaban J connectivity index is 1.61. The maximum absolute atomic E-state index is 11.6. The maximum Gasteiger partial charge on any atom is 0.308 e. The molecule has 0 bridgehead atoms. The second-order valence-electron chi connectivity index (χ2n) is 7.51. The highest BCUT2D eigenvalue weighted by atomic mass is 32.1. The van der Waals surface area contributed by atoms with Gasteiger partial charge in [0, 0.05) is 29.6 Å². The van der Waals surface area contributed by atoms with Crippen LogP contribution in [0.2, 0.25) is 0 Å². The summed E-state index contributed by atoms with van der Waals surface area (Å²) < 4.78 is 5.49. The lowest BCUT2D eigenvalue weighted by Gasteiger charge is -2.22. The molecule has 2 N–H and O–H groups in total. The number of tetrazole rings is 1. The van der Waals surface area contributed by atoms with E-state index in [2.05, 4.69) is 50.2 Å². The predicted octanol–water partition coefficient (Wildman–Crippen LogP) is 4.82. The number of anilines is 1. The monoisotopic (exact) mass is 411 g/mol. The number of aromatic nitrogens is 4. The normalized spacial score (nSPS) is 14.7. The molecular formula is C21H25N5O2S. The number of carbonyl (C=O) groups excluding carboxylic acids is 1. The first-order chi connectivity index (χ1) is 14.1. The first-order valence-corrected chi connectivity index (χ1v) is 10.8. The van der Waals surface area contributed by atoms with Crippen LogP contribution in [0, 0.1) is 12.8 Å². The average Bonchev–Trinajstić information content (AvgIpc) is 3.36. The Morgan fingerprint density at radius 3 is 2.83 bits per heavy atom. The van der Waals surface area contributed by atoms with Crippen molar-refractivity contribution in [2.45, 2.75) is 46.0 Å². The minimum absolute atomic E-state index is 0.370. The van der Waals surface area contributed by atoms with E-state index in [1.165, 1.54) is 50.4 Å². The highest BCUT2D eigenvalue weighted by Gasteiger charge is 2.23. The summed E-state index contributed by atoms with van der Waals surface area (Å²) in [4.78, 5) is 13.4. The quantitative estimate of drug-likeness (QED) is 0.565. The number of hydrogen-bond acceptors (Lipinski definition) is 7. The summed E-state index contributed by atoms with van der Waals surface area (Å²) in [7, 11) is 0. The van der Waals surface area contributed by atoms with Crippen LogP contribution in [0.1, 0.15) is 44.6 Å². The van der Waals surface area contributed by atoms with Gasteiger partial charge in [0.05, 0.1) is 0 Å². The summed E-state index contributed by atoms with van der Waals surface area (Å²) in [5, 5.41) is 17.8. The highest BCUT2D eigenvalue weighted by Crippen LogP contribution is 2.46. The Morgan fingerprint density at radius 2 is 2.10 bits per heavy atom. The number of rotatable bonds is 6. The third kappa shape index (κ3) is 4.48. The van der Waals surface area contributed by atoms with Gasteiger partial charge < -0.3 is 10.1 Å². The van der Waals surface area contributed by atoms with Crippen molar-refractivity contribution in [3.8, 4) is 26.9 Å². The van der Waals surface area contributed by atoms with Crippen LogP contribution in [0.4, 0.5) is 5.69 Å². The molecule has 2 heterocycles. The number of H-pyrrole nitrogens is 1. The van der Waals surface area contributed by atoms with Crippen LogP contribution in [-0.2, 0) is 4.79 Å². The number of carbonyl (C=O) groups is 1. The lowest BCUT2D eigenvalue weighted by Crippen LogP contribution is -2.17. The number of thiophene rings is 1. The topological polar surface area (TPSA) is 92.8 Å². The zero-order valence-electron chi connectivity index (χ0n) is 16.7. The summed E-state index contributed by atoms with van der Waals surface area (Å²) in [6.45, 7) is 4.36. The van der Waals surface area contributed by atoms with Crippen molar-refractivity contribution < 1.29 is 9.53 Å². The molecule has 7 nitrogen and oxygen atoms in total. The molecule has 4 rings (SSSR count). The molecular weight excluding hydrogens is 386 g/mol. The summed E-state index contributed by atoms with van der Waals surface area (Å²) in [6, 6.07) is 8.38. The minimum atomic E-state index is -0.370. The third-order valence-electron chi connectivity index (χ3n) is 5.33. The van der Waals surface area contributed by atoms with Crippen LogP contribution >= 0.6 is 11.3 Å². The molecule has 0 radical (unpaired) electrons. The van der Waals surface area contributed by atoms with Gasteiger partial charge in [0.15, 0.2) is 5.75 Å². The molecule has 1 aliphatic rings. The van der Waals surface area contributed by atoms with Crippen LogP contribution < -0.4 is 10.1 Å². The second kappa shape index (κ2) is 8.73. The van der Waals surface area contributed by atoms with Crippen LogP contribution in [-0.4, -0.2) is 33.1 Å². The number of nitrogens with zero attached hydrogens (tertiary/aromatic N) is 3. The number of esters is 1. The molecule has 0 atom stereocenters. The van der Waals surface area contributed by atoms with E-state index in [1.807, 2.05) is 6.92 Å². The van der Waals surface area contributed by atoms with Crippen molar-refractivity contribution >= 4 is 23.0 Å². The van der Waals surface area contributed by atoms with Gasteiger partial charge in [-0.25, -0.2) is 0 Å². The first kappa shape index (κ1) is 19.6.